The number of carbonyl (C=O) groups excluding carboxylic acids is 1. The highest BCUT2D eigenvalue weighted by Gasteiger charge is 2.12. The zero-order chi connectivity index (χ0) is 16.1. The Labute approximate surface area is 139 Å². The monoisotopic (exact) mass is 329 g/mol. The lowest BCUT2D eigenvalue weighted by Crippen LogP contribution is -2.35. The number of anilines is 1. The highest BCUT2D eigenvalue weighted by atomic mass is 32.1. The lowest BCUT2D eigenvalue weighted by Gasteiger charge is -2.27. The third-order valence-electron chi connectivity index (χ3n) is 3.68. The molecule has 2 heterocycles. The molecule has 5 nitrogen and oxygen atoms in total. The van der Waals surface area contributed by atoms with Gasteiger partial charge < -0.3 is 9.64 Å². The Morgan fingerprint density at radius 3 is 2.83 bits per heavy atom. The quantitative estimate of drug-likeness (QED) is 0.693. The zero-order valence-electron chi connectivity index (χ0n) is 13.0. The van der Waals surface area contributed by atoms with Crippen LogP contribution >= 0.6 is 11.3 Å². The van der Waals surface area contributed by atoms with Crippen LogP contribution in [0.3, 0.4) is 0 Å². The summed E-state index contributed by atoms with van der Waals surface area (Å²) >= 11 is 1.66. The number of hydrazone groups is 1. The maximum atomic E-state index is 12.1. The normalized spacial score (nSPS) is 15.1. The van der Waals surface area contributed by atoms with Crippen LogP contribution in [0, 0.1) is 6.92 Å². The Morgan fingerprint density at radius 1 is 1.26 bits per heavy atom. The van der Waals surface area contributed by atoms with Crippen LogP contribution in [0.4, 0.5) is 5.00 Å². The molecule has 0 atom stereocenters. The molecule has 1 saturated heterocycles. The van der Waals surface area contributed by atoms with E-state index in [4.69, 9.17) is 4.74 Å². The summed E-state index contributed by atoms with van der Waals surface area (Å²) in [5, 5.41) is 5.27. The topological polar surface area (TPSA) is 53.9 Å². The SMILES string of the molecule is Cc1ccccc1C(=O)N/N=C\c1ccc(N2CCOCC2)s1. The molecule has 2 aromatic rings. The second kappa shape index (κ2) is 7.39. The lowest BCUT2D eigenvalue weighted by atomic mass is 10.1. The van der Waals surface area contributed by atoms with Crippen LogP contribution in [0.1, 0.15) is 20.8 Å². The maximum Gasteiger partial charge on any atom is 0.271 e. The second-order valence-corrected chi connectivity index (χ2v) is 6.38. The van der Waals surface area contributed by atoms with Crippen molar-refractivity contribution in [2.45, 2.75) is 6.92 Å². The Morgan fingerprint density at radius 2 is 2.04 bits per heavy atom. The van der Waals surface area contributed by atoms with Gasteiger partial charge in [0.15, 0.2) is 0 Å². The Bertz CT molecular complexity index is 705. The van der Waals surface area contributed by atoms with Crippen LogP contribution in [0.15, 0.2) is 41.5 Å². The van der Waals surface area contributed by atoms with Gasteiger partial charge in [-0.05, 0) is 30.7 Å². The fourth-order valence-electron chi connectivity index (χ4n) is 2.41. The van der Waals surface area contributed by atoms with Crippen molar-refractivity contribution in [3.05, 3.63) is 52.4 Å². The van der Waals surface area contributed by atoms with Crippen molar-refractivity contribution in [1.82, 2.24) is 5.43 Å². The summed E-state index contributed by atoms with van der Waals surface area (Å²) in [6.45, 7) is 5.29. The molecular formula is C17H19N3O2S. The largest absolute Gasteiger partial charge is 0.378 e. The molecule has 1 fully saturated rings. The van der Waals surface area contributed by atoms with Crippen LogP contribution in [0.5, 0.6) is 0 Å². The van der Waals surface area contributed by atoms with Gasteiger partial charge in [-0.2, -0.15) is 5.10 Å². The maximum absolute atomic E-state index is 12.1. The number of ether oxygens (including phenoxy) is 1. The third kappa shape index (κ3) is 3.97. The highest BCUT2D eigenvalue weighted by molar-refractivity contribution is 7.17. The van der Waals surface area contributed by atoms with E-state index in [1.54, 1.807) is 23.6 Å². The van der Waals surface area contributed by atoms with Gasteiger partial charge in [-0.1, -0.05) is 18.2 Å². The van der Waals surface area contributed by atoms with Crippen LogP contribution in [-0.4, -0.2) is 38.4 Å². The third-order valence-corrected chi connectivity index (χ3v) is 4.76. The number of nitrogens with one attached hydrogen (secondary N) is 1. The Balaban J connectivity index is 1.59. The van der Waals surface area contributed by atoms with E-state index in [2.05, 4.69) is 21.5 Å². The fourth-order valence-corrected chi connectivity index (χ4v) is 3.34. The number of hydrogen-bond acceptors (Lipinski definition) is 5. The molecule has 6 heteroatoms. The van der Waals surface area contributed by atoms with E-state index >= 15 is 0 Å². The summed E-state index contributed by atoms with van der Waals surface area (Å²) in [5.41, 5.74) is 4.16. The van der Waals surface area contributed by atoms with Crippen molar-refractivity contribution in [3.63, 3.8) is 0 Å². The molecular weight excluding hydrogens is 310 g/mol. The van der Waals surface area contributed by atoms with Crippen molar-refractivity contribution >= 4 is 28.5 Å². The summed E-state index contributed by atoms with van der Waals surface area (Å²) in [7, 11) is 0. The van der Waals surface area contributed by atoms with Gasteiger partial charge in [0.25, 0.3) is 5.91 Å². The number of nitrogens with zero attached hydrogens (tertiary/aromatic N) is 2. The smallest absolute Gasteiger partial charge is 0.271 e. The van der Waals surface area contributed by atoms with Crippen molar-refractivity contribution in [2.75, 3.05) is 31.2 Å². The molecule has 1 aromatic carbocycles. The van der Waals surface area contributed by atoms with Gasteiger partial charge in [-0.3, -0.25) is 4.79 Å². The van der Waals surface area contributed by atoms with Gasteiger partial charge in [0.2, 0.25) is 0 Å². The molecule has 1 aliphatic rings. The fraction of sp³-hybridized carbons (Fsp3) is 0.294. The first-order valence-electron chi connectivity index (χ1n) is 7.55. The molecule has 1 aliphatic heterocycles. The van der Waals surface area contributed by atoms with Gasteiger partial charge in [0.05, 0.1) is 24.4 Å². The molecule has 0 radical (unpaired) electrons. The van der Waals surface area contributed by atoms with E-state index in [1.165, 1.54) is 5.00 Å². The number of morpholine rings is 1. The molecule has 0 bridgehead atoms. The number of benzene rings is 1. The van der Waals surface area contributed by atoms with Gasteiger partial charge in [-0.25, -0.2) is 5.43 Å². The van der Waals surface area contributed by atoms with Crippen molar-refractivity contribution in [1.29, 1.82) is 0 Å². The minimum absolute atomic E-state index is 0.190. The number of hydrogen-bond donors (Lipinski definition) is 1. The van der Waals surface area contributed by atoms with E-state index in [1.807, 2.05) is 31.2 Å². The molecule has 0 aliphatic carbocycles. The second-order valence-electron chi connectivity index (χ2n) is 5.29. The molecule has 23 heavy (non-hydrogen) atoms. The average Bonchev–Trinajstić information content (AvgIpc) is 3.05. The van der Waals surface area contributed by atoms with Crippen LogP contribution in [0.2, 0.25) is 0 Å². The predicted octanol–water partition coefficient (Wildman–Crippen LogP) is 2.66. The van der Waals surface area contributed by atoms with E-state index in [-0.39, 0.29) is 5.91 Å². The van der Waals surface area contributed by atoms with Crippen LogP contribution in [0.25, 0.3) is 0 Å². The number of amides is 1. The molecule has 3 rings (SSSR count). The van der Waals surface area contributed by atoms with Crippen molar-refractivity contribution in [3.8, 4) is 0 Å². The van der Waals surface area contributed by atoms with Crippen LogP contribution < -0.4 is 10.3 Å². The minimum Gasteiger partial charge on any atom is -0.378 e. The van der Waals surface area contributed by atoms with E-state index in [0.717, 1.165) is 36.7 Å². The highest BCUT2D eigenvalue weighted by Crippen LogP contribution is 2.25. The lowest BCUT2D eigenvalue weighted by molar-refractivity contribution is 0.0954. The molecule has 120 valence electrons. The van der Waals surface area contributed by atoms with Crippen molar-refractivity contribution in [2.24, 2.45) is 5.10 Å². The number of rotatable bonds is 4. The minimum atomic E-state index is -0.190. The van der Waals surface area contributed by atoms with E-state index in [0.29, 0.717) is 5.56 Å². The zero-order valence-corrected chi connectivity index (χ0v) is 13.8. The molecule has 0 spiro atoms. The summed E-state index contributed by atoms with van der Waals surface area (Å²) in [4.78, 5) is 15.4. The van der Waals surface area contributed by atoms with Crippen LogP contribution in [-0.2, 0) is 4.74 Å². The first-order chi connectivity index (χ1) is 11.2. The average molecular weight is 329 g/mol. The van der Waals surface area contributed by atoms with Gasteiger partial charge >= 0.3 is 0 Å². The Hall–Kier alpha value is -2.18. The summed E-state index contributed by atoms with van der Waals surface area (Å²) in [5.74, 6) is -0.190. The molecule has 1 amide bonds. The number of carbonyl (C=O) groups is 1. The van der Waals surface area contributed by atoms with E-state index in [9.17, 15) is 4.79 Å². The number of aryl methyl sites for hydroxylation is 1. The molecule has 0 saturated carbocycles. The predicted molar refractivity (Wildman–Crippen MR) is 93.6 cm³/mol. The van der Waals surface area contributed by atoms with Gasteiger partial charge in [0, 0.05) is 23.5 Å². The molecule has 1 N–H and O–H groups in total. The molecule has 1 aromatic heterocycles. The van der Waals surface area contributed by atoms with Gasteiger partial charge in [-0.15, -0.1) is 11.3 Å². The van der Waals surface area contributed by atoms with E-state index < -0.39 is 0 Å². The summed E-state index contributed by atoms with van der Waals surface area (Å²) < 4.78 is 5.36. The van der Waals surface area contributed by atoms with Crippen molar-refractivity contribution < 1.29 is 9.53 Å². The first kappa shape index (κ1) is 15.7. The summed E-state index contributed by atoms with van der Waals surface area (Å²) in [6, 6.07) is 11.6. The first-order valence-corrected chi connectivity index (χ1v) is 8.37. The summed E-state index contributed by atoms with van der Waals surface area (Å²) in [6.07, 6.45) is 1.69. The number of thiophene rings is 1. The Kier molecular flexibility index (Phi) is 5.05. The van der Waals surface area contributed by atoms with Gasteiger partial charge in [0.1, 0.15) is 0 Å². The molecule has 0 unspecified atom stereocenters. The standard InChI is InChI=1S/C17H19N3O2S/c1-13-4-2-3-5-15(13)17(21)19-18-12-14-6-7-16(23-14)20-8-10-22-11-9-20/h2-7,12H,8-11H2,1H3,(H,19,21)/b18-12-.